The van der Waals surface area contributed by atoms with Gasteiger partial charge in [0, 0.05) is 13.1 Å². The molecule has 2 unspecified atom stereocenters. The SMILES string of the molecule is CN(C)[PH](=O)OC[C@@H]1CNCC(n2cnc3c(N)ncnc32)O1. The average Bonchev–Trinajstić information content (AvgIpc) is 2.98. The number of imidazole rings is 1. The van der Waals surface area contributed by atoms with Crippen LogP contribution in [0.25, 0.3) is 11.2 Å². The van der Waals surface area contributed by atoms with E-state index in [1.165, 1.54) is 6.33 Å². The van der Waals surface area contributed by atoms with Gasteiger partial charge in [0.2, 0.25) is 0 Å². The van der Waals surface area contributed by atoms with Crippen molar-refractivity contribution in [1.29, 1.82) is 0 Å². The van der Waals surface area contributed by atoms with Crippen LogP contribution in [0.4, 0.5) is 5.82 Å². The summed E-state index contributed by atoms with van der Waals surface area (Å²) in [5.74, 6) is 0.335. The van der Waals surface area contributed by atoms with E-state index in [1.54, 1.807) is 25.1 Å². The summed E-state index contributed by atoms with van der Waals surface area (Å²) < 4.78 is 26.4. The van der Waals surface area contributed by atoms with Crippen molar-refractivity contribution in [3.05, 3.63) is 12.7 Å². The van der Waals surface area contributed by atoms with Crippen LogP contribution < -0.4 is 11.1 Å². The van der Waals surface area contributed by atoms with Crippen molar-refractivity contribution in [3.63, 3.8) is 0 Å². The van der Waals surface area contributed by atoms with E-state index in [1.807, 2.05) is 4.57 Å². The molecule has 3 atom stereocenters. The predicted octanol–water partition coefficient (Wildman–Crippen LogP) is -0.137. The minimum absolute atomic E-state index is 0.209. The third kappa shape index (κ3) is 3.51. The van der Waals surface area contributed by atoms with E-state index in [2.05, 4.69) is 20.3 Å². The fourth-order valence-electron chi connectivity index (χ4n) is 2.32. The Bertz CT molecular complexity index is 707. The maximum Gasteiger partial charge on any atom is 0.260 e. The van der Waals surface area contributed by atoms with Crippen LogP contribution in [-0.4, -0.2) is 64.1 Å². The molecule has 0 saturated carbocycles. The van der Waals surface area contributed by atoms with Crippen LogP contribution in [0.2, 0.25) is 0 Å². The van der Waals surface area contributed by atoms with Crippen LogP contribution in [0.5, 0.6) is 0 Å². The van der Waals surface area contributed by atoms with Gasteiger partial charge in [-0.25, -0.2) is 19.6 Å². The molecule has 0 amide bonds. The van der Waals surface area contributed by atoms with Crippen LogP contribution in [0.15, 0.2) is 12.7 Å². The third-order valence-electron chi connectivity index (χ3n) is 3.50. The van der Waals surface area contributed by atoms with Gasteiger partial charge < -0.3 is 20.3 Å². The quantitative estimate of drug-likeness (QED) is 0.716. The summed E-state index contributed by atoms with van der Waals surface area (Å²) in [5, 5.41) is 3.27. The van der Waals surface area contributed by atoms with Crippen LogP contribution in [0.1, 0.15) is 6.23 Å². The standard InChI is InChI=1S/C12H20N7O3P/c1-18(2)23(20)21-5-8-3-14-4-9(22-8)19-7-17-10-11(13)15-6-16-12(10)19/h6-9,14,23H,3-5H2,1-2H3,(H2,13,15,16)/t8-,9?/m0/s1. The number of aromatic nitrogens is 4. The maximum absolute atomic E-state index is 11.7. The molecule has 0 bridgehead atoms. The number of hydrogen-bond donors (Lipinski definition) is 2. The topological polar surface area (TPSA) is 120 Å². The highest BCUT2D eigenvalue weighted by atomic mass is 31.1. The monoisotopic (exact) mass is 341 g/mol. The number of ether oxygens (including phenoxy) is 1. The highest BCUT2D eigenvalue weighted by Gasteiger charge is 2.26. The molecular weight excluding hydrogens is 321 g/mol. The fourth-order valence-corrected chi connectivity index (χ4v) is 2.91. The molecule has 0 aliphatic carbocycles. The van der Waals surface area contributed by atoms with Crippen molar-refractivity contribution in [2.24, 2.45) is 0 Å². The number of fused-ring (bicyclic) bond motifs is 1. The first-order valence-corrected chi connectivity index (χ1v) is 8.46. The molecule has 2 aromatic heterocycles. The summed E-state index contributed by atoms with van der Waals surface area (Å²) in [6.45, 7) is 1.49. The van der Waals surface area contributed by atoms with E-state index in [0.29, 0.717) is 30.1 Å². The Balaban J connectivity index is 1.70. The lowest BCUT2D eigenvalue weighted by molar-refractivity contribution is -0.0893. The van der Waals surface area contributed by atoms with Crippen molar-refractivity contribution in [3.8, 4) is 0 Å². The van der Waals surface area contributed by atoms with Gasteiger partial charge >= 0.3 is 0 Å². The number of anilines is 1. The zero-order valence-corrected chi connectivity index (χ0v) is 14.0. The molecule has 11 heteroatoms. The van der Waals surface area contributed by atoms with Crippen molar-refractivity contribution in [2.45, 2.75) is 12.3 Å². The lowest BCUT2D eigenvalue weighted by Gasteiger charge is -2.31. The Hall–Kier alpha value is -1.58. The Morgan fingerprint density at radius 1 is 1.48 bits per heavy atom. The van der Waals surface area contributed by atoms with Crippen LogP contribution in [0, 0.1) is 0 Å². The number of rotatable bonds is 5. The first kappa shape index (κ1) is 16.3. The van der Waals surface area contributed by atoms with Crippen LogP contribution >= 0.6 is 8.18 Å². The minimum atomic E-state index is -2.20. The summed E-state index contributed by atoms with van der Waals surface area (Å²) in [7, 11) is 1.23. The molecule has 23 heavy (non-hydrogen) atoms. The smallest absolute Gasteiger partial charge is 0.260 e. The Kier molecular flexibility index (Phi) is 4.88. The molecule has 3 N–H and O–H groups in total. The summed E-state index contributed by atoms with van der Waals surface area (Å²) in [6, 6.07) is 0. The van der Waals surface area contributed by atoms with Gasteiger partial charge in [0.25, 0.3) is 8.18 Å². The highest BCUT2D eigenvalue weighted by molar-refractivity contribution is 7.36. The molecule has 3 rings (SSSR count). The summed E-state index contributed by atoms with van der Waals surface area (Å²) in [6.07, 6.45) is 2.53. The van der Waals surface area contributed by atoms with Gasteiger partial charge in [-0.05, 0) is 14.1 Å². The number of morpholine rings is 1. The molecule has 2 aromatic rings. The average molecular weight is 341 g/mol. The van der Waals surface area contributed by atoms with Gasteiger partial charge in [0.15, 0.2) is 11.5 Å². The van der Waals surface area contributed by atoms with Gasteiger partial charge in [0.05, 0.1) is 19.0 Å². The first-order valence-electron chi connectivity index (χ1n) is 7.19. The molecule has 126 valence electrons. The molecule has 0 radical (unpaired) electrons. The van der Waals surface area contributed by atoms with E-state index < -0.39 is 8.18 Å². The van der Waals surface area contributed by atoms with E-state index in [9.17, 15) is 4.57 Å². The number of nitrogen functional groups attached to an aromatic ring is 1. The summed E-state index contributed by atoms with van der Waals surface area (Å²) >= 11 is 0. The molecule has 1 aliphatic heterocycles. The highest BCUT2D eigenvalue weighted by Crippen LogP contribution is 2.26. The molecule has 10 nitrogen and oxygen atoms in total. The van der Waals surface area contributed by atoms with Gasteiger partial charge in [0.1, 0.15) is 18.1 Å². The van der Waals surface area contributed by atoms with Gasteiger partial charge in [-0.2, -0.15) is 0 Å². The number of nitrogens with zero attached hydrogens (tertiary/aromatic N) is 5. The lowest BCUT2D eigenvalue weighted by Crippen LogP contribution is -2.44. The minimum Gasteiger partial charge on any atom is -0.382 e. The zero-order chi connectivity index (χ0) is 16.4. The zero-order valence-electron chi connectivity index (χ0n) is 13.0. The normalized spacial score (nSPS) is 23.4. The van der Waals surface area contributed by atoms with Crippen molar-refractivity contribution >= 4 is 25.2 Å². The van der Waals surface area contributed by atoms with Gasteiger partial charge in [-0.1, -0.05) is 0 Å². The molecule has 1 aliphatic rings. The summed E-state index contributed by atoms with van der Waals surface area (Å²) in [5.41, 5.74) is 6.96. The number of hydrogen-bond acceptors (Lipinski definition) is 8. The lowest BCUT2D eigenvalue weighted by atomic mass is 10.3. The maximum atomic E-state index is 11.7. The second-order valence-corrected chi connectivity index (χ2v) is 7.14. The van der Waals surface area contributed by atoms with E-state index in [-0.39, 0.29) is 18.9 Å². The second-order valence-electron chi connectivity index (χ2n) is 5.43. The van der Waals surface area contributed by atoms with Crippen molar-refractivity contribution < 1.29 is 13.8 Å². The number of nitrogens with one attached hydrogen (secondary N) is 1. The van der Waals surface area contributed by atoms with Crippen LogP contribution in [0.3, 0.4) is 0 Å². The Morgan fingerprint density at radius 2 is 2.30 bits per heavy atom. The molecular formula is C12H20N7O3P. The molecule has 1 saturated heterocycles. The first-order chi connectivity index (χ1) is 11.1. The van der Waals surface area contributed by atoms with E-state index in [0.717, 1.165) is 0 Å². The van der Waals surface area contributed by atoms with E-state index >= 15 is 0 Å². The molecule has 1 fully saturated rings. The van der Waals surface area contributed by atoms with Crippen LogP contribution in [-0.2, 0) is 13.8 Å². The molecule has 0 spiro atoms. The molecule has 0 aromatic carbocycles. The third-order valence-corrected chi connectivity index (χ3v) is 4.64. The predicted molar refractivity (Wildman–Crippen MR) is 85.2 cm³/mol. The molecule has 3 heterocycles. The van der Waals surface area contributed by atoms with Crippen molar-refractivity contribution in [1.82, 2.24) is 29.5 Å². The van der Waals surface area contributed by atoms with Crippen molar-refractivity contribution in [2.75, 3.05) is 39.5 Å². The fraction of sp³-hybridized carbons (Fsp3) is 0.583. The van der Waals surface area contributed by atoms with Gasteiger partial charge in [-0.3, -0.25) is 9.13 Å². The second kappa shape index (κ2) is 6.90. The Labute approximate surface area is 133 Å². The summed E-state index contributed by atoms with van der Waals surface area (Å²) in [4.78, 5) is 12.4. The van der Waals surface area contributed by atoms with E-state index in [4.69, 9.17) is 15.0 Å². The van der Waals surface area contributed by atoms with Gasteiger partial charge in [-0.15, -0.1) is 0 Å². The number of nitrogens with two attached hydrogens (primary N) is 1. The largest absolute Gasteiger partial charge is 0.382 e. The Morgan fingerprint density at radius 3 is 3.09 bits per heavy atom.